The van der Waals surface area contributed by atoms with Gasteiger partial charge in [0.1, 0.15) is 17.4 Å². The van der Waals surface area contributed by atoms with E-state index in [9.17, 15) is 0 Å². The molecule has 0 radical (unpaired) electrons. The minimum atomic E-state index is 0.474. The molecule has 2 N–H and O–H groups in total. The first kappa shape index (κ1) is 13.8. The van der Waals surface area contributed by atoms with Crippen LogP contribution >= 0.6 is 11.3 Å². The van der Waals surface area contributed by atoms with Crippen LogP contribution in [-0.2, 0) is 13.2 Å². The predicted molar refractivity (Wildman–Crippen MR) is 86.2 cm³/mol. The zero-order valence-electron chi connectivity index (χ0n) is 11.5. The SMILES string of the molecule is NCc1csc(COc2ccc(-c3ccccc3)cc2)n1. The number of aromatic nitrogens is 1. The van der Waals surface area contributed by atoms with Crippen molar-refractivity contribution in [3.05, 3.63) is 70.7 Å². The molecule has 2 aromatic carbocycles. The molecule has 0 spiro atoms. The van der Waals surface area contributed by atoms with Crippen molar-refractivity contribution in [1.29, 1.82) is 0 Å². The summed E-state index contributed by atoms with van der Waals surface area (Å²) in [7, 11) is 0. The van der Waals surface area contributed by atoms with E-state index in [0.717, 1.165) is 16.5 Å². The van der Waals surface area contributed by atoms with Gasteiger partial charge in [0.05, 0.1) is 5.69 Å². The molecule has 3 aromatic rings. The van der Waals surface area contributed by atoms with E-state index in [1.54, 1.807) is 11.3 Å². The maximum Gasteiger partial charge on any atom is 0.140 e. The number of thiazole rings is 1. The third-order valence-electron chi connectivity index (χ3n) is 3.13. The number of nitrogens with two attached hydrogens (primary N) is 1. The molecule has 0 aliphatic rings. The molecule has 0 fully saturated rings. The second-order valence-electron chi connectivity index (χ2n) is 4.62. The zero-order valence-corrected chi connectivity index (χ0v) is 12.3. The summed E-state index contributed by atoms with van der Waals surface area (Å²) in [6.45, 7) is 0.956. The van der Waals surface area contributed by atoms with Crippen LogP contribution < -0.4 is 10.5 Å². The fourth-order valence-electron chi connectivity index (χ4n) is 2.03. The maximum atomic E-state index is 5.75. The average Bonchev–Trinajstić information content (AvgIpc) is 3.02. The molecule has 106 valence electrons. The summed E-state index contributed by atoms with van der Waals surface area (Å²) in [6.07, 6.45) is 0. The number of ether oxygens (including phenoxy) is 1. The number of nitrogens with zero attached hydrogens (tertiary/aromatic N) is 1. The third-order valence-corrected chi connectivity index (χ3v) is 4.00. The minimum Gasteiger partial charge on any atom is -0.486 e. The number of benzene rings is 2. The molecule has 21 heavy (non-hydrogen) atoms. The van der Waals surface area contributed by atoms with Crippen molar-refractivity contribution in [3.8, 4) is 16.9 Å². The van der Waals surface area contributed by atoms with Gasteiger partial charge in [0.15, 0.2) is 0 Å². The van der Waals surface area contributed by atoms with Crippen LogP contribution in [0, 0.1) is 0 Å². The van der Waals surface area contributed by atoms with E-state index < -0.39 is 0 Å². The molecule has 3 nitrogen and oxygen atoms in total. The van der Waals surface area contributed by atoms with Gasteiger partial charge in [0.2, 0.25) is 0 Å². The molecule has 0 unspecified atom stereocenters. The lowest BCUT2D eigenvalue weighted by Gasteiger charge is -2.06. The first-order valence-electron chi connectivity index (χ1n) is 6.77. The highest BCUT2D eigenvalue weighted by molar-refractivity contribution is 7.09. The monoisotopic (exact) mass is 296 g/mol. The standard InChI is InChI=1S/C17H16N2OS/c18-10-15-12-21-17(19-15)11-20-16-8-6-14(7-9-16)13-4-2-1-3-5-13/h1-9,12H,10-11,18H2. The zero-order chi connectivity index (χ0) is 14.5. The number of rotatable bonds is 5. The van der Waals surface area contributed by atoms with Crippen molar-refractivity contribution in [2.24, 2.45) is 5.73 Å². The summed E-state index contributed by atoms with van der Waals surface area (Å²) < 4.78 is 5.75. The van der Waals surface area contributed by atoms with Crippen LogP contribution in [-0.4, -0.2) is 4.98 Å². The second-order valence-corrected chi connectivity index (χ2v) is 5.56. The number of hydrogen-bond donors (Lipinski definition) is 1. The van der Waals surface area contributed by atoms with Gasteiger partial charge in [-0.3, -0.25) is 0 Å². The van der Waals surface area contributed by atoms with Crippen LogP contribution in [0.3, 0.4) is 0 Å². The summed E-state index contributed by atoms with van der Waals surface area (Å²) in [5.41, 5.74) is 8.85. The molecule has 0 amide bonds. The molecule has 0 atom stereocenters. The van der Waals surface area contributed by atoms with Crippen molar-refractivity contribution in [2.75, 3.05) is 0 Å². The van der Waals surface area contributed by atoms with Gasteiger partial charge in [-0.15, -0.1) is 11.3 Å². The quantitative estimate of drug-likeness (QED) is 0.778. The highest BCUT2D eigenvalue weighted by Crippen LogP contribution is 2.22. The van der Waals surface area contributed by atoms with Gasteiger partial charge in [-0.25, -0.2) is 4.98 Å². The van der Waals surface area contributed by atoms with Gasteiger partial charge < -0.3 is 10.5 Å². The Labute approximate surface area is 128 Å². The van der Waals surface area contributed by atoms with Gasteiger partial charge >= 0.3 is 0 Å². The lowest BCUT2D eigenvalue weighted by Crippen LogP contribution is -1.98. The van der Waals surface area contributed by atoms with E-state index in [1.165, 1.54) is 11.1 Å². The van der Waals surface area contributed by atoms with Crippen LogP contribution in [0.15, 0.2) is 60.0 Å². The molecule has 0 saturated carbocycles. The van der Waals surface area contributed by atoms with E-state index in [0.29, 0.717) is 13.2 Å². The van der Waals surface area contributed by atoms with Crippen LogP contribution in [0.1, 0.15) is 10.7 Å². The third kappa shape index (κ3) is 3.48. The Hall–Kier alpha value is -2.17. The topological polar surface area (TPSA) is 48.1 Å². The Kier molecular flexibility index (Phi) is 4.28. The molecule has 0 bridgehead atoms. The summed E-state index contributed by atoms with van der Waals surface area (Å²) >= 11 is 1.58. The molecule has 3 rings (SSSR count). The molecule has 0 aliphatic heterocycles. The average molecular weight is 296 g/mol. The summed E-state index contributed by atoms with van der Waals surface area (Å²) in [5.74, 6) is 0.846. The molecular weight excluding hydrogens is 280 g/mol. The van der Waals surface area contributed by atoms with E-state index in [4.69, 9.17) is 10.5 Å². The van der Waals surface area contributed by atoms with Crippen LogP contribution in [0.25, 0.3) is 11.1 Å². The van der Waals surface area contributed by atoms with Crippen molar-refractivity contribution >= 4 is 11.3 Å². The Bertz CT molecular complexity index is 692. The van der Waals surface area contributed by atoms with E-state index >= 15 is 0 Å². The Balaban J connectivity index is 1.64. The van der Waals surface area contributed by atoms with Crippen molar-refractivity contribution in [2.45, 2.75) is 13.2 Å². The first-order chi connectivity index (χ1) is 10.3. The Morgan fingerprint density at radius 1 is 0.952 bits per heavy atom. The molecule has 1 aromatic heterocycles. The first-order valence-corrected chi connectivity index (χ1v) is 7.65. The maximum absolute atomic E-state index is 5.75. The lowest BCUT2D eigenvalue weighted by atomic mass is 10.1. The Morgan fingerprint density at radius 3 is 2.33 bits per heavy atom. The summed E-state index contributed by atoms with van der Waals surface area (Å²) in [5, 5.41) is 2.92. The van der Waals surface area contributed by atoms with Gasteiger partial charge in [0.25, 0.3) is 0 Å². The molecule has 1 heterocycles. The smallest absolute Gasteiger partial charge is 0.140 e. The van der Waals surface area contributed by atoms with Gasteiger partial charge in [-0.2, -0.15) is 0 Å². The summed E-state index contributed by atoms with van der Waals surface area (Å²) in [4.78, 5) is 4.38. The second kappa shape index (κ2) is 6.52. The van der Waals surface area contributed by atoms with Gasteiger partial charge in [-0.05, 0) is 23.3 Å². The normalized spacial score (nSPS) is 10.5. The van der Waals surface area contributed by atoms with E-state index in [-0.39, 0.29) is 0 Å². The van der Waals surface area contributed by atoms with Crippen molar-refractivity contribution in [3.63, 3.8) is 0 Å². The van der Waals surface area contributed by atoms with Crippen LogP contribution in [0.4, 0.5) is 0 Å². The molecular formula is C17H16N2OS. The summed E-state index contributed by atoms with van der Waals surface area (Å²) in [6, 6.07) is 18.4. The van der Waals surface area contributed by atoms with Crippen LogP contribution in [0.2, 0.25) is 0 Å². The fraction of sp³-hybridized carbons (Fsp3) is 0.118. The molecule has 0 saturated heterocycles. The van der Waals surface area contributed by atoms with Crippen LogP contribution in [0.5, 0.6) is 5.75 Å². The molecule has 4 heteroatoms. The Morgan fingerprint density at radius 2 is 1.67 bits per heavy atom. The highest BCUT2D eigenvalue weighted by atomic mass is 32.1. The molecule has 0 aliphatic carbocycles. The highest BCUT2D eigenvalue weighted by Gasteiger charge is 2.02. The minimum absolute atomic E-state index is 0.474. The van der Waals surface area contributed by atoms with Gasteiger partial charge in [0, 0.05) is 11.9 Å². The van der Waals surface area contributed by atoms with Crippen molar-refractivity contribution < 1.29 is 4.74 Å². The van der Waals surface area contributed by atoms with E-state index in [1.807, 2.05) is 35.7 Å². The largest absolute Gasteiger partial charge is 0.486 e. The van der Waals surface area contributed by atoms with Gasteiger partial charge in [-0.1, -0.05) is 42.5 Å². The lowest BCUT2D eigenvalue weighted by molar-refractivity contribution is 0.305. The van der Waals surface area contributed by atoms with E-state index in [2.05, 4.69) is 29.2 Å². The number of hydrogen-bond acceptors (Lipinski definition) is 4. The van der Waals surface area contributed by atoms with Crippen molar-refractivity contribution in [1.82, 2.24) is 4.98 Å². The fourth-order valence-corrected chi connectivity index (χ4v) is 2.75. The predicted octanol–water partition coefficient (Wildman–Crippen LogP) is 3.85.